The van der Waals surface area contributed by atoms with Crippen LogP contribution in [0.1, 0.15) is 23.3 Å². The van der Waals surface area contributed by atoms with E-state index in [0.717, 1.165) is 16.9 Å². The molecule has 4 heteroatoms. The predicted octanol–water partition coefficient (Wildman–Crippen LogP) is 5.09. The van der Waals surface area contributed by atoms with E-state index < -0.39 is 0 Å². The highest BCUT2D eigenvalue weighted by atomic mass is 35.5. The number of carbonyl (C=O) groups is 1. The van der Waals surface area contributed by atoms with Gasteiger partial charge in [0.25, 0.3) is 0 Å². The Morgan fingerprint density at radius 1 is 0.920 bits per heavy atom. The Morgan fingerprint density at radius 2 is 1.68 bits per heavy atom. The van der Waals surface area contributed by atoms with E-state index in [2.05, 4.69) is 0 Å². The molecule has 3 aromatic rings. The summed E-state index contributed by atoms with van der Waals surface area (Å²) in [6.45, 7) is 1.02. The maximum atomic E-state index is 12.8. The lowest BCUT2D eigenvalue weighted by atomic mass is 10.1. The Balaban J connectivity index is 1.69. The summed E-state index contributed by atoms with van der Waals surface area (Å²) in [7, 11) is 0. The summed E-state index contributed by atoms with van der Waals surface area (Å²) >= 11 is 6.19. The summed E-state index contributed by atoms with van der Waals surface area (Å²) in [4.78, 5) is 14.6. The fourth-order valence-electron chi connectivity index (χ4n) is 2.73. The van der Waals surface area contributed by atoms with E-state index in [4.69, 9.17) is 16.0 Å². The standard InChI is InChI=1S/C21H20ClNO2/c22-20-11-5-4-9-18(20)12-13-21(24)23(16-19-10-6-14-25-19)15-17-7-2-1-3-8-17/h1-11,14H,12-13,15-16H2. The summed E-state index contributed by atoms with van der Waals surface area (Å²) in [6.07, 6.45) is 2.67. The van der Waals surface area contributed by atoms with Crippen molar-refractivity contribution in [2.75, 3.05) is 0 Å². The highest BCUT2D eigenvalue weighted by Crippen LogP contribution is 2.18. The van der Waals surface area contributed by atoms with Crippen LogP contribution in [-0.2, 0) is 24.3 Å². The number of amides is 1. The number of aryl methyl sites for hydroxylation is 1. The summed E-state index contributed by atoms with van der Waals surface area (Å²) in [5, 5.41) is 0.705. The number of hydrogen-bond acceptors (Lipinski definition) is 2. The van der Waals surface area contributed by atoms with Crippen LogP contribution in [-0.4, -0.2) is 10.8 Å². The molecule has 1 aromatic heterocycles. The minimum atomic E-state index is 0.0835. The molecule has 0 radical (unpaired) electrons. The molecule has 0 fully saturated rings. The average Bonchev–Trinajstić information content (AvgIpc) is 3.14. The molecule has 0 aliphatic heterocycles. The number of rotatable bonds is 7. The van der Waals surface area contributed by atoms with Crippen LogP contribution in [0.25, 0.3) is 0 Å². The summed E-state index contributed by atoms with van der Waals surface area (Å²) in [5.41, 5.74) is 2.09. The van der Waals surface area contributed by atoms with Gasteiger partial charge in [-0.3, -0.25) is 4.79 Å². The maximum absolute atomic E-state index is 12.8. The molecule has 3 rings (SSSR count). The fraction of sp³-hybridized carbons (Fsp3) is 0.190. The third kappa shape index (κ3) is 4.97. The second kappa shape index (κ2) is 8.54. The van der Waals surface area contributed by atoms with Gasteiger partial charge >= 0.3 is 0 Å². The molecule has 2 aromatic carbocycles. The minimum absolute atomic E-state index is 0.0835. The van der Waals surface area contributed by atoms with Gasteiger partial charge in [0, 0.05) is 18.0 Å². The first-order valence-electron chi connectivity index (χ1n) is 8.30. The quantitative estimate of drug-likeness (QED) is 0.592. The van der Waals surface area contributed by atoms with Crippen LogP contribution in [0.2, 0.25) is 5.02 Å². The zero-order chi connectivity index (χ0) is 17.5. The van der Waals surface area contributed by atoms with E-state index in [1.165, 1.54) is 0 Å². The Kier molecular flexibility index (Phi) is 5.91. The van der Waals surface area contributed by atoms with Gasteiger partial charge in [0.05, 0.1) is 12.8 Å². The number of halogens is 1. The van der Waals surface area contributed by atoms with Crippen LogP contribution in [0.15, 0.2) is 77.4 Å². The molecule has 0 saturated carbocycles. The van der Waals surface area contributed by atoms with Crippen molar-refractivity contribution in [1.29, 1.82) is 0 Å². The van der Waals surface area contributed by atoms with Gasteiger partial charge in [0.1, 0.15) is 5.76 Å². The van der Waals surface area contributed by atoms with Gasteiger partial charge in [0.2, 0.25) is 5.91 Å². The van der Waals surface area contributed by atoms with Crippen LogP contribution in [0.5, 0.6) is 0 Å². The normalized spacial score (nSPS) is 10.6. The number of furan rings is 1. The van der Waals surface area contributed by atoms with Gasteiger partial charge in [-0.15, -0.1) is 0 Å². The van der Waals surface area contributed by atoms with Crippen molar-refractivity contribution in [3.8, 4) is 0 Å². The molecule has 1 amide bonds. The van der Waals surface area contributed by atoms with Gasteiger partial charge in [-0.05, 0) is 35.7 Å². The molecular weight excluding hydrogens is 334 g/mol. The highest BCUT2D eigenvalue weighted by molar-refractivity contribution is 6.31. The molecule has 0 N–H and O–H groups in total. The zero-order valence-corrected chi connectivity index (χ0v) is 14.7. The monoisotopic (exact) mass is 353 g/mol. The van der Waals surface area contributed by atoms with Crippen LogP contribution < -0.4 is 0 Å². The second-order valence-electron chi connectivity index (χ2n) is 5.91. The SMILES string of the molecule is O=C(CCc1ccccc1Cl)N(Cc1ccccc1)Cc1ccco1. The van der Waals surface area contributed by atoms with Crippen LogP contribution >= 0.6 is 11.6 Å². The topological polar surface area (TPSA) is 33.5 Å². The van der Waals surface area contributed by atoms with Crippen molar-refractivity contribution in [2.45, 2.75) is 25.9 Å². The Bertz CT molecular complexity index is 800. The third-order valence-corrected chi connectivity index (χ3v) is 4.43. The van der Waals surface area contributed by atoms with E-state index in [0.29, 0.717) is 31.0 Å². The first kappa shape index (κ1) is 17.3. The lowest BCUT2D eigenvalue weighted by Gasteiger charge is -2.22. The molecule has 0 bridgehead atoms. The second-order valence-corrected chi connectivity index (χ2v) is 6.31. The molecular formula is C21H20ClNO2. The van der Waals surface area contributed by atoms with Gasteiger partial charge < -0.3 is 9.32 Å². The van der Waals surface area contributed by atoms with Crippen molar-refractivity contribution >= 4 is 17.5 Å². The van der Waals surface area contributed by atoms with Gasteiger partial charge in [0.15, 0.2) is 0 Å². The van der Waals surface area contributed by atoms with E-state index >= 15 is 0 Å². The average molecular weight is 354 g/mol. The molecule has 0 saturated heterocycles. The van der Waals surface area contributed by atoms with Crippen LogP contribution in [0.3, 0.4) is 0 Å². The summed E-state index contributed by atoms with van der Waals surface area (Å²) in [5.74, 6) is 0.863. The third-order valence-electron chi connectivity index (χ3n) is 4.06. The molecule has 1 heterocycles. The zero-order valence-electron chi connectivity index (χ0n) is 13.9. The van der Waals surface area contributed by atoms with Gasteiger partial charge in [-0.1, -0.05) is 60.1 Å². The Morgan fingerprint density at radius 3 is 2.40 bits per heavy atom. The molecule has 0 aliphatic carbocycles. The first-order chi connectivity index (χ1) is 12.2. The van der Waals surface area contributed by atoms with Crippen LogP contribution in [0.4, 0.5) is 0 Å². The molecule has 0 aliphatic rings. The van der Waals surface area contributed by atoms with Crippen molar-refractivity contribution in [3.63, 3.8) is 0 Å². The summed E-state index contributed by atoms with van der Waals surface area (Å²) in [6, 6.07) is 21.4. The van der Waals surface area contributed by atoms with E-state index in [1.54, 1.807) is 6.26 Å². The molecule has 0 atom stereocenters. The lowest BCUT2D eigenvalue weighted by Crippen LogP contribution is -2.30. The first-order valence-corrected chi connectivity index (χ1v) is 8.67. The molecule has 0 unspecified atom stereocenters. The largest absolute Gasteiger partial charge is 0.467 e. The highest BCUT2D eigenvalue weighted by Gasteiger charge is 2.16. The number of carbonyl (C=O) groups excluding carboxylic acids is 1. The van der Waals surface area contributed by atoms with Crippen molar-refractivity contribution in [2.24, 2.45) is 0 Å². The van der Waals surface area contributed by atoms with Crippen molar-refractivity contribution in [3.05, 3.63) is 94.9 Å². The van der Waals surface area contributed by atoms with Gasteiger partial charge in [-0.2, -0.15) is 0 Å². The molecule has 128 valence electrons. The molecule has 0 spiro atoms. The smallest absolute Gasteiger partial charge is 0.223 e. The Labute approximate surface area is 152 Å². The lowest BCUT2D eigenvalue weighted by molar-refractivity contribution is -0.132. The van der Waals surface area contributed by atoms with Crippen LogP contribution in [0, 0.1) is 0 Å². The van der Waals surface area contributed by atoms with E-state index in [9.17, 15) is 4.79 Å². The maximum Gasteiger partial charge on any atom is 0.223 e. The Hall–Kier alpha value is -2.52. The number of benzene rings is 2. The number of hydrogen-bond donors (Lipinski definition) is 0. The van der Waals surface area contributed by atoms with E-state index in [1.807, 2.05) is 71.6 Å². The van der Waals surface area contributed by atoms with Crippen molar-refractivity contribution < 1.29 is 9.21 Å². The predicted molar refractivity (Wildman–Crippen MR) is 99.2 cm³/mol. The fourth-order valence-corrected chi connectivity index (χ4v) is 2.96. The molecule has 25 heavy (non-hydrogen) atoms. The van der Waals surface area contributed by atoms with Crippen molar-refractivity contribution in [1.82, 2.24) is 4.90 Å². The molecule has 3 nitrogen and oxygen atoms in total. The van der Waals surface area contributed by atoms with Gasteiger partial charge in [-0.25, -0.2) is 0 Å². The summed E-state index contributed by atoms with van der Waals surface area (Å²) < 4.78 is 5.42. The van der Waals surface area contributed by atoms with E-state index in [-0.39, 0.29) is 5.91 Å². The number of nitrogens with zero attached hydrogens (tertiary/aromatic N) is 1. The minimum Gasteiger partial charge on any atom is -0.467 e.